The fourth-order valence-electron chi connectivity index (χ4n) is 1.13. The summed E-state index contributed by atoms with van der Waals surface area (Å²) in [6.07, 6.45) is 1.66. The van der Waals surface area contributed by atoms with Gasteiger partial charge in [0.05, 0.1) is 5.70 Å². The predicted octanol–water partition coefficient (Wildman–Crippen LogP) is 1.75. The summed E-state index contributed by atoms with van der Waals surface area (Å²) >= 11 is 0. The molecule has 0 aromatic heterocycles. The zero-order valence-corrected chi connectivity index (χ0v) is 8.78. The summed E-state index contributed by atoms with van der Waals surface area (Å²) in [5.74, 6) is -0.401. The van der Waals surface area contributed by atoms with E-state index in [4.69, 9.17) is 0 Å². The zero-order chi connectivity index (χ0) is 11.3. The molecule has 0 bridgehead atoms. The molecule has 0 radical (unpaired) electrons. The Labute approximate surface area is 88.8 Å². The van der Waals surface area contributed by atoms with Crippen LogP contribution in [0.4, 0.5) is 0 Å². The number of hydrogen-bond donors (Lipinski definition) is 1. The zero-order valence-electron chi connectivity index (χ0n) is 8.78. The lowest BCUT2D eigenvalue weighted by atomic mass is 10.1. The molecule has 78 valence electrons. The highest BCUT2D eigenvalue weighted by molar-refractivity contribution is 6.00. The molecule has 3 nitrogen and oxygen atoms in total. The normalized spacial score (nSPS) is 10.9. The minimum atomic E-state index is -0.243. The lowest BCUT2D eigenvalue weighted by molar-refractivity contribution is -0.120. The highest BCUT2D eigenvalue weighted by Crippen LogP contribution is 2.05. The first kappa shape index (κ1) is 11.2. The smallest absolute Gasteiger partial charge is 0.221 e. The van der Waals surface area contributed by atoms with Crippen molar-refractivity contribution in [1.82, 2.24) is 5.32 Å². The first-order valence-corrected chi connectivity index (χ1v) is 4.65. The molecule has 1 aromatic carbocycles. The minimum absolute atomic E-state index is 0.158. The molecule has 1 rings (SSSR count). The SMILES string of the molecule is CC(=O)NC(=Cc1ccccc1)C(C)=O. The van der Waals surface area contributed by atoms with Gasteiger partial charge in [-0.1, -0.05) is 30.3 Å². The second-order valence-corrected chi connectivity index (χ2v) is 3.21. The number of ketones is 1. The largest absolute Gasteiger partial charge is 0.323 e. The topological polar surface area (TPSA) is 46.2 Å². The fourth-order valence-corrected chi connectivity index (χ4v) is 1.13. The fraction of sp³-hybridized carbons (Fsp3) is 0.167. The van der Waals surface area contributed by atoms with Crippen LogP contribution in [0.25, 0.3) is 6.08 Å². The van der Waals surface area contributed by atoms with Crippen molar-refractivity contribution in [2.45, 2.75) is 13.8 Å². The average Bonchev–Trinajstić information content (AvgIpc) is 2.17. The van der Waals surface area contributed by atoms with Crippen LogP contribution in [0.3, 0.4) is 0 Å². The van der Waals surface area contributed by atoms with Crippen LogP contribution in [0, 0.1) is 0 Å². The Balaban J connectivity index is 2.94. The molecule has 1 amide bonds. The number of hydrogen-bond acceptors (Lipinski definition) is 2. The molecule has 0 saturated heterocycles. The first-order chi connectivity index (χ1) is 7.09. The van der Waals surface area contributed by atoms with Crippen molar-refractivity contribution in [2.24, 2.45) is 0 Å². The lowest BCUT2D eigenvalue weighted by Crippen LogP contribution is -2.23. The minimum Gasteiger partial charge on any atom is -0.323 e. The molecule has 0 unspecified atom stereocenters. The van der Waals surface area contributed by atoms with Crippen molar-refractivity contribution >= 4 is 17.8 Å². The second kappa shape index (κ2) is 5.10. The van der Waals surface area contributed by atoms with E-state index in [-0.39, 0.29) is 11.7 Å². The van der Waals surface area contributed by atoms with E-state index < -0.39 is 0 Å². The van der Waals surface area contributed by atoms with E-state index >= 15 is 0 Å². The number of allylic oxidation sites excluding steroid dienone is 1. The molecule has 0 atom stereocenters. The lowest BCUT2D eigenvalue weighted by Gasteiger charge is -2.03. The van der Waals surface area contributed by atoms with Crippen LogP contribution in [0.2, 0.25) is 0 Å². The maximum absolute atomic E-state index is 11.2. The molecule has 0 fully saturated rings. The summed E-state index contributed by atoms with van der Waals surface area (Å²) in [7, 11) is 0. The standard InChI is InChI=1S/C12H13NO2/c1-9(14)12(13-10(2)15)8-11-6-4-3-5-7-11/h3-8H,1-2H3,(H,13,15). The van der Waals surface area contributed by atoms with Gasteiger partial charge in [0.2, 0.25) is 5.91 Å². The summed E-state index contributed by atoms with van der Waals surface area (Å²) in [6, 6.07) is 9.37. The average molecular weight is 203 g/mol. The molecule has 0 aliphatic rings. The molecule has 1 N–H and O–H groups in total. The molecular weight excluding hydrogens is 190 g/mol. The Morgan fingerprint density at radius 1 is 1.13 bits per heavy atom. The summed E-state index contributed by atoms with van der Waals surface area (Å²) in [4.78, 5) is 22.0. The molecule has 0 aliphatic carbocycles. The van der Waals surface area contributed by atoms with Gasteiger partial charge in [0.15, 0.2) is 5.78 Å². The number of rotatable bonds is 3. The Bertz CT molecular complexity index is 393. The van der Waals surface area contributed by atoms with Crippen LogP contribution in [-0.4, -0.2) is 11.7 Å². The van der Waals surface area contributed by atoms with Crippen LogP contribution in [0.1, 0.15) is 19.4 Å². The van der Waals surface area contributed by atoms with Crippen molar-refractivity contribution in [3.63, 3.8) is 0 Å². The van der Waals surface area contributed by atoms with Gasteiger partial charge in [0.1, 0.15) is 0 Å². The van der Waals surface area contributed by atoms with Crippen LogP contribution >= 0.6 is 0 Å². The number of carbonyl (C=O) groups is 2. The van der Waals surface area contributed by atoms with Crippen molar-refractivity contribution in [3.05, 3.63) is 41.6 Å². The Hall–Kier alpha value is -1.90. The van der Waals surface area contributed by atoms with Crippen LogP contribution in [0.5, 0.6) is 0 Å². The third-order valence-corrected chi connectivity index (χ3v) is 1.80. The summed E-state index contributed by atoms with van der Waals surface area (Å²) < 4.78 is 0. The molecule has 0 heterocycles. The van der Waals surface area contributed by atoms with Gasteiger partial charge in [0.25, 0.3) is 0 Å². The van der Waals surface area contributed by atoms with Crippen molar-refractivity contribution in [2.75, 3.05) is 0 Å². The highest BCUT2D eigenvalue weighted by Gasteiger charge is 2.04. The molecule has 0 saturated carbocycles. The summed E-state index contributed by atoms with van der Waals surface area (Å²) in [5.41, 5.74) is 1.20. The monoisotopic (exact) mass is 203 g/mol. The van der Waals surface area contributed by atoms with Crippen molar-refractivity contribution in [1.29, 1.82) is 0 Å². The maximum Gasteiger partial charge on any atom is 0.221 e. The second-order valence-electron chi connectivity index (χ2n) is 3.21. The number of nitrogens with one attached hydrogen (secondary N) is 1. The van der Waals surface area contributed by atoms with E-state index in [1.807, 2.05) is 30.3 Å². The molecule has 3 heteroatoms. The summed E-state index contributed by atoms with van der Waals surface area (Å²) in [5, 5.41) is 2.50. The van der Waals surface area contributed by atoms with E-state index in [0.717, 1.165) is 5.56 Å². The Morgan fingerprint density at radius 3 is 2.20 bits per heavy atom. The van der Waals surface area contributed by atoms with Gasteiger partial charge in [-0.25, -0.2) is 0 Å². The summed E-state index contributed by atoms with van der Waals surface area (Å²) in [6.45, 7) is 2.80. The number of carbonyl (C=O) groups excluding carboxylic acids is 2. The van der Waals surface area contributed by atoms with E-state index in [1.165, 1.54) is 13.8 Å². The quantitative estimate of drug-likeness (QED) is 0.761. The van der Waals surface area contributed by atoms with E-state index in [9.17, 15) is 9.59 Å². The Morgan fingerprint density at radius 2 is 1.73 bits per heavy atom. The number of Topliss-reactive ketones (excluding diaryl/α,β-unsaturated/α-hetero) is 1. The van der Waals surface area contributed by atoms with Gasteiger partial charge in [-0.15, -0.1) is 0 Å². The van der Waals surface area contributed by atoms with Crippen molar-refractivity contribution in [3.8, 4) is 0 Å². The van der Waals surface area contributed by atoms with Crippen molar-refractivity contribution < 1.29 is 9.59 Å². The number of benzene rings is 1. The van der Waals surface area contributed by atoms with Crippen LogP contribution in [0.15, 0.2) is 36.0 Å². The van der Waals surface area contributed by atoms with E-state index in [0.29, 0.717) is 5.70 Å². The Kier molecular flexibility index (Phi) is 3.80. The molecular formula is C12H13NO2. The van der Waals surface area contributed by atoms with Gasteiger partial charge < -0.3 is 5.32 Å². The molecule has 15 heavy (non-hydrogen) atoms. The van der Waals surface area contributed by atoms with Gasteiger partial charge >= 0.3 is 0 Å². The third kappa shape index (κ3) is 3.77. The third-order valence-electron chi connectivity index (χ3n) is 1.80. The van der Waals surface area contributed by atoms with Crippen LogP contribution in [-0.2, 0) is 9.59 Å². The highest BCUT2D eigenvalue weighted by atomic mass is 16.2. The molecule has 0 spiro atoms. The van der Waals surface area contributed by atoms with E-state index in [1.54, 1.807) is 6.08 Å². The van der Waals surface area contributed by atoms with E-state index in [2.05, 4.69) is 5.32 Å². The number of amides is 1. The maximum atomic E-state index is 11.2. The predicted molar refractivity (Wildman–Crippen MR) is 58.9 cm³/mol. The van der Waals surface area contributed by atoms with Gasteiger partial charge in [0, 0.05) is 13.8 Å². The van der Waals surface area contributed by atoms with Crippen LogP contribution < -0.4 is 5.32 Å². The van der Waals surface area contributed by atoms with Gasteiger partial charge in [-0.3, -0.25) is 9.59 Å². The van der Waals surface area contributed by atoms with Gasteiger partial charge in [-0.2, -0.15) is 0 Å². The first-order valence-electron chi connectivity index (χ1n) is 4.65. The van der Waals surface area contributed by atoms with Gasteiger partial charge in [-0.05, 0) is 11.6 Å². The molecule has 1 aromatic rings. The molecule has 0 aliphatic heterocycles.